The van der Waals surface area contributed by atoms with Crippen molar-refractivity contribution >= 4 is 12.4 Å². The molecule has 1 aromatic rings. The first-order valence-electron chi connectivity index (χ1n) is 5.79. The van der Waals surface area contributed by atoms with E-state index in [4.69, 9.17) is 10.3 Å². The quantitative estimate of drug-likeness (QED) is 0.920. The van der Waals surface area contributed by atoms with Crippen molar-refractivity contribution in [3.05, 3.63) is 11.7 Å². The summed E-state index contributed by atoms with van der Waals surface area (Å²) < 4.78 is 42.7. The molecule has 5 nitrogen and oxygen atoms in total. The maximum absolute atomic E-state index is 12.6. The molecule has 0 bridgehead atoms. The molecular formula is C10H16ClF3N4O. The van der Waals surface area contributed by atoms with Crippen LogP contribution in [0, 0.1) is 5.92 Å². The molecule has 0 amide bonds. The van der Waals surface area contributed by atoms with E-state index in [0.29, 0.717) is 24.7 Å². The van der Waals surface area contributed by atoms with Crippen molar-refractivity contribution in [2.45, 2.75) is 32.1 Å². The predicted octanol–water partition coefficient (Wildman–Crippen LogP) is 1.72. The number of nitrogens with two attached hydrogens (primary N) is 1. The molecule has 2 rings (SSSR count). The molecule has 0 aliphatic carbocycles. The fraction of sp³-hybridized carbons (Fsp3) is 0.800. The van der Waals surface area contributed by atoms with Gasteiger partial charge in [-0.1, -0.05) is 5.16 Å². The fourth-order valence-corrected chi connectivity index (χ4v) is 2.10. The third-order valence-corrected chi connectivity index (χ3v) is 3.02. The van der Waals surface area contributed by atoms with Crippen LogP contribution in [0.2, 0.25) is 0 Å². The van der Waals surface area contributed by atoms with Crippen molar-refractivity contribution in [3.8, 4) is 0 Å². The Bertz CT molecular complexity index is 398. The summed E-state index contributed by atoms with van der Waals surface area (Å²) in [6, 6.07) is 0. The molecule has 1 aliphatic heterocycles. The van der Waals surface area contributed by atoms with Crippen LogP contribution in [-0.2, 0) is 13.1 Å². The van der Waals surface area contributed by atoms with Gasteiger partial charge in [0.2, 0.25) is 5.89 Å². The highest BCUT2D eigenvalue weighted by atomic mass is 35.5. The van der Waals surface area contributed by atoms with Gasteiger partial charge < -0.3 is 10.3 Å². The summed E-state index contributed by atoms with van der Waals surface area (Å²) in [6.45, 7) is 1.03. The van der Waals surface area contributed by atoms with Crippen molar-refractivity contribution in [1.29, 1.82) is 0 Å². The van der Waals surface area contributed by atoms with Gasteiger partial charge in [-0.15, -0.1) is 12.4 Å². The Hall–Kier alpha value is -0.860. The van der Waals surface area contributed by atoms with Crippen LogP contribution in [0.15, 0.2) is 4.52 Å². The summed E-state index contributed by atoms with van der Waals surface area (Å²) in [6.07, 6.45) is -3.40. The first-order valence-corrected chi connectivity index (χ1v) is 5.79. The Balaban J connectivity index is 0.00000180. The van der Waals surface area contributed by atoms with Crippen LogP contribution in [0.5, 0.6) is 0 Å². The Morgan fingerprint density at radius 2 is 2.16 bits per heavy atom. The number of hydrogen-bond donors (Lipinski definition) is 1. The van der Waals surface area contributed by atoms with Gasteiger partial charge in [0.05, 0.1) is 19.0 Å². The summed E-state index contributed by atoms with van der Waals surface area (Å²) in [5, 5.41) is 3.68. The predicted molar refractivity (Wildman–Crippen MR) is 63.5 cm³/mol. The van der Waals surface area contributed by atoms with Crippen LogP contribution < -0.4 is 5.73 Å². The van der Waals surface area contributed by atoms with Crippen molar-refractivity contribution < 1.29 is 17.7 Å². The SMILES string of the molecule is Cl.NCc1nc(CN2CCCC(C(F)(F)F)C2)no1. The van der Waals surface area contributed by atoms with E-state index in [0.717, 1.165) is 0 Å². The summed E-state index contributed by atoms with van der Waals surface area (Å²) in [5.41, 5.74) is 5.32. The summed E-state index contributed by atoms with van der Waals surface area (Å²) in [4.78, 5) is 5.69. The Labute approximate surface area is 114 Å². The van der Waals surface area contributed by atoms with Gasteiger partial charge >= 0.3 is 6.18 Å². The minimum absolute atomic E-state index is 0. The highest BCUT2D eigenvalue weighted by Crippen LogP contribution is 2.33. The van der Waals surface area contributed by atoms with Gasteiger partial charge in [-0.05, 0) is 19.4 Å². The van der Waals surface area contributed by atoms with Crippen LogP contribution in [0.25, 0.3) is 0 Å². The van der Waals surface area contributed by atoms with E-state index in [1.165, 1.54) is 0 Å². The number of piperidine rings is 1. The van der Waals surface area contributed by atoms with E-state index >= 15 is 0 Å². The van der Waals surface area contributed by atoms with Crippen molar-refractivity contribution in [3.63, 3.8) is 0 Å². The molecule has 19 heavy (non-hydrogen) atoms. The van der Waals surface area contributed by atoms with Crippen molar-refractivity contribution in [1.82, 2.24) is 15.0 Å². The average Bonchev–Trinajstić information content (AvgIpc) is 2.76. The molecule has 2 N–H and O–H groups in total. The first kappa shape index (κ1) is 16.2. The normalized spacial score (nSPS) is 21.2. The van der Waals surface area contributed by atoms with E-state index < -0.39 is 12.1 Å². The number of aromatic nitrogens is 2. The first-order chi connectivity index (χ1) is 8.49. The van der Waals surface area contributed by atoms with Crippen molar-refractivity contribution in [2.75, 3.05) is 13.1 Å². The molecule has 1 atom stereocenters. The van der Waals surface area contributed by atoms with Crippen LogP contribution >= 0.6 is 12.4 Å². The summed E-state index contributed by atoms with van der Waals surface area (Å²) in [5.74, 6) is -0.570. The van der Waals surface area contributed by atoms with E-state index in [2.05, 4.69) is 10.1 Å². The number of likely N-dealkylation sites (tertiary alicyclic amines) is 1. The van der Waals surface area contributed by atoms with Crippen LogP contribution in [0.4, 0.5) is 13.2 Å². The Morgan fingerprint density at radius 3 is 2.74 bits per heavy atom. The lowest BCUT2D eigenvalue weighted by molar-refractivity contribution is -0.187. The highest BCUT2D eigenvalue weighted by molar-refractivity contribution is 5.85. The van der Waals surface area contributed by atoms with E-state index in [9.17, 15) is 13.2 Å². The van der Waals surface area contributed by atoms with E-state index in [1.54, 1.807) is 4.90 Å². The lowest BCUT2D eigenvalue weighted by Gasteiger charge is -2.32. The monoisotopic (exact) mass is 300 g/mol. The molecule has 0 spiro atoms. The van der Waals surface area contributed by atoms with Gasteiger partial charge in [0.1, 0.15) is 0 Å². The molecule has 1 saturated heterocycles. The molecule has 1 aliphatic rings. The maximum atomic E-state index is 12.6. The van der Waals surface area contributed by atoms with E-state index in [-0.39, 0.29) is 38.5 Å². The highest BCUT2D eigenvalue weighted by Gasteiger charge is 2.41. The second-order valence-electron chi connectivity index (χ2n) is 4.42. The van der Waals surface area contributed by atoms with Crippen LogP contribution in [-0.4, -0.2) is 34.3 Å². The Kier molecular flexibility index (Phi) is 5.57. The van der Waals surface area contributed by atoms with Gasteiger partial charge in [-0.25, -0.2) is 0 Å². The fourth-order valence-electron chi connectivity index (χ4n) is 2.10. The molecule has 1 fully saturated rings. The zero-order chi connectivity index (χ0) is 13.2. The number of alkyl halides is 3. The van der Waals surface area contributed by atoms with Gasteiger partial charge in [0.15, 0.2) is 5.82 Å². The van der Waals surface area contributed by atoms with E-state index in [1.807, 2.05) is 0 Å². The minimum Gasteiger partial charge on any atom is -0.338 e. The van der Waals surface area contributed by atoms with Gasteiger partial charge in [0.25, 0.3) is 0 Å². The van der Waals surface area contributed by atoms with Crippen LogP contribution in [0.1, 0.15) is 24.6 Å². The van der Waals surface area contributed by atoms with Gasteiger partial charge in [0, 0.05) is 6.54 Å². The summed E-state index contributed by atoms with van der Waals surface area (Å²) >= 11 is 0. The molecule has 1 aromatic heterocycles. The number of nitrogens with zero attached hydrogens (tertiary/aromatic N) is 3. The standard InChI is InChI=1S/C10H15F3N4O.ClH/c11-10(12,13)7-2-1-3-17(5-7)6-8-15-9(4-14)18-16-8;/h7H,1-6,14H2;1H. The Morgan fingerprint density at radius 1 is 1.42 bits per heavy atom. The molecule has 9 heteroatoms. The molecule has 110 valence electrons. The zero-order valence-corrected chi connectivity index (χ0v) is 11.0. The minimum atomic E-state index is -4.13. The lowest BCUT2D eigenvalue weighted by Crippen LogP contribution is -2.41. The van der Waals surface area contributed by atoms with Gasteiger partial charge in [-0.3, -0.25) is 4.90 Å². The lowest BCUT2D eigenvalue weighted by atomic mass is 9.97. The topological polar surface area (TPSA) is 68.2 Å². The zero-order valence-electron chi connectivity index (χ0n) is 10.2. The summed E-state index contributed by atoms with van der Waals surface area (Å²) in [7, 11) is 0. The number of halogens is 4. The molecule has 0 saturated carbocycles. The number of hydrogen-bond acceptors (Lipinski definition) is 5. The maximum Gasteiger partial charge on any atom is 0.393 e. The second-order valence-corrected chi connectivity index (χ2v) is 4.42. The van der Waals surface area contributed by atoms with Crippen molar-refractivity contribution in [2.24, 2.45) is 11.7 Å². The second kappa shape index (κ2) is 6.53. The molecule has 0 radical (unpaired) electrons. The molecule has 0 aromatic carbocycles. The van der Waals surface area contributed by atoms with Crippen LogP contribution in [0.3, 0.4) is 0 Å². The van der Waals surface area contributed by atoms with Gasteiger partial charge in [-0.2, -0.15) is 18.2 Å². The third-order valence-electron chi connectivity index (χ3n) is 3.02. The smallest absolute Gasteiger partial charge is 0.338 e. The average molecular weight is 301 g/mol. The molecule has 1 unspecified atom stereocenters. The molecular weight excluding hydrogens is 285 g/mol. The largest absolute Gasteiger partial charge is 0.393 e. The third kappa shape index (κ3) is 4.32. The number of rotatable bonds is 3. The molecule has 2 heterocycles.